The Morgan fingerprint density at radius 3 is 2.06 bits per heavy atom. The lowest BCUT2D eigenvalue weighted by atomic mass is 10.2. The van der Waals surface area contributed by atoms with Crippen LogP contribution in [0.25, 0.3) is 0 Å². The normalized spacial score (nSPS) is 12.6. The molecule has 0 aliphatic carbocycles. The lowest BCUT2D eigenvalue weighted by Crippen LogP contribution is -2.07. The third-order valence-corrected chi connectivity index (χ3v) is 4.30. The summed E-state index contributed by atoms with van der Waals surface area (Å²) in [6, 6.07) is 3.09. The molecule has 1 aromatic carbocycles. The van der Waals surface area contributed by atoms with Gasteiger partial charge in [0.25, 0.3) is 20.2 Å². The summed E-state index contributed by atoms with van der Waals surface area (Å²) in [5, 5.41) is 0. The molecule has 0 amide bonds. The van der Waals surface area contributed by atoms with Crippen LogP contribution in [0.15, 0.2) is 28.0 Å². The SMILES string of the molecule is O=S(=O)(O)c1ccc(CCI)c(S(=O)(=O)O)c1. The number of rotatable bonds is 4. The van der Waals surface area contributed by atoms with Gasteiger partial charge in [-0.1, -0.05) is 28.7 Å². The third-order valence-electron chi connectivity index (χ3n) is 1.98. The van der Waals surface area contributed by atoms with Crippen molar-refractivity contribution in [2.24, 2.45) is 0 Å². The second kappa shape index (κ2) is 5.18. The zero-order valence-corrected chi connectivity index (χ0v) is 12.2. The van der Waals surface area contributed by atoms with Crippen molar-refractivity contribution in [1.29, 1.82) is 0 Å². The minimum atomic E-state index is -4.52. The van der Waals surface area contributed by atoms with Gasteiger partial charge in [0.2, 0.25) is 0 Å². The maximum atomic E-state index is 11.1. The van der Waals surface area contributed by atoms with Gasteiger partial charge in [-0.3, -0.25) is 9.11 Å². The average molecular weight is 392 g/mol. The van der Waals surface area contributed by atoms with Crippen LogP contribution in [0.4, 0.5) is 0 Å². The van der Waals surface area contributed by atoms with Crippen LogP contribution in [0.5, 0.6) is 0 Å². The number of hydrogen-bond donors (Lipinski definition) is 2. The Kier molecular flexibility index (Phi) is 4.52. The van der Waals surface area contributed by atoms with E-state index in [1.165, 1.54) is 6.07 Å². The van der Waals surface area contributed by atoms with Crippen molar-refractivity contribution >= 4 is 42.8 Å². The first-order valence-electron chi connectivity index (χ1n) is 4.30. The summed E-state index contributed by atoms with van der Waals surface area (Å²) in [6.07, 6.45) is 0.363. The smallest absolute Gasteiger partial charge is 0.282 e. The Bertz CT molecular complexity index is 619. The highest BCUT2D eigenvalue weighted by atomic mass is 127. The van der Waals surface area contributed by atoms with Crippen LogP contribution in [-0.4, -0.2) is 30.4 Å². The van der Waals surface area contributed by atoms with Gasteiger partial charge in [-0.2, -0.15) is 16.8 Å². The van der Waals surface area contributed by atoms with Crippen LogP contribution in [0.1, 0.15) is 5.56 Å². The molecule has 0 bridgehead atoms. The molecule has 0 saturated carbocycles. The predicted octanol–water partition coefficient (Wildman–Crippen LogP) is 1.16. The zero-order valence-electron chi connectivity index (χ0n) is 8.37. The van der Waals surface area contributed by atoms with Crippen LogP contribution in [0, 0.1) is 0 Å². The van der Waals surface area contributed by atoms with Crippen LogP contribution >= 0.6 is 22.6 Å². The van der Waals surface area contributed by atoms with Gasteiger partial charge in [0, 0.05) is 4.43 Å². The van der Waals surface area contributed by atoms with E-state index in [4.69, 9.17) is 9.11 Å². The van der Waals surface area contributed by atoms with E-state index in [2.05, 4.69) is 0 Å². The van der Waals surface area contributed by atoms with E-state index in [9.17, 15) is 16.8 Å². The van der Waals surface area contributed by atoms with E-state index in [0.717, 1.165) is 12.1 Å². The Morgan fingerprint density at radius 1 is 1.06 bits per heavy atom. The van der Waals surface area contributed by atoms with E-state index >= 15 is 0 Å². The highest BCUT2D eigenvalue weighted by molar-refractivity contribution is 14.1. The highest BCUT2D eigenvalue weighted by Crippen LogP contribution is 2.21. The zero-order chi connectivity index (χ0) is 13.3. The van der Waals surface area contributed by atoms with Gasteiger partial charge >= 0.3 is 0 Å². The van der Waals surface area contributed by atoms with Crippen LogP contribution in [0.2, 0.25) is 0 Å². The Hall–Kier alpha value is -0.230. The molecule has 9 heteroatoms. The topological polar surface area (TPSA) is 109 Å². The van der Waals surface area contributed by atoms with E-state index in [1.807, 2.05) is 22.6 Å². The average Bonchev–Trinajstić information content (AvgIpc) is 2.15. The molecule has 0 saturated heterocycles. The molecule has 6 nitrogen and oxygen atoms in total. The summed E-state index contributed by atoms with van der Waals surface area (Å²) in [6.45, 7) is 0. The first-order chi connectivity index (χ1) is 7.66. The molecule has 0 aliphatic heterocycles. The van der Waals surface area contributed by atoms with E-state index in [0.29, 0.717) is 16.4 Å². The number of halogens is 1. The standard InChI is InChI=1S/C8H9IO6S2/c9-4-3-6-1-2-7(16(10,11)12)5-8(6)17(13,14)15/h1-2,5H,3-4H2,(H,10,11,12)(H,13,14,15). The minimum absolute atomic E-state index is 0.300. The number of benzene rings is 1. The molecule has 0 fully saturated rings. The summed E-state index contributed by atoms with van der Waals surface area (Å²) in [7, 11) is -9.01. The third kappa shape index (κ3) is 3.88. The van der Waals surface area contributed by atoms with Gasteiger partial charge < -0.3 is 0 Å². The van der Waals surface area contributed by atoms with Crippen molar-refractivity contribution in [1.82, 2.24) is 0 Å². The lowest BCUT2D eigenvalue weighted by Gasteiger charge is -2.07. The van der Waals surface area contributed by atoms with Crippen molar-refractivity contribution in [3.8, 4) is 0 Å². The van der Waals surface area contributed by atoms with Gasteiger partial charge in [-0.15, -0.1) is 0 Å². The molecule has 1 rings (SSSR count). The summed E-state index contributed by atoms with van der Waals surface area (Å²) < 4.78 is 62.3. The Morgan fingerprint density at radius 2 is 1.65 bits per heavy atom. The van der Waals surface area contributed by atoms with Crippen LogP contribution in [0.3, 0.4) is 0 Å². The van der Waals surface area contributed by atoms with Gasteiger partial charge in [0.15, 0.2) is 0 Å². The van der Waals surface area contributed by atoms with E-state index in [1.54, 1.807) is 0 Å². The molecule has 0 atom stereocenters. The summed E-state index contributed by atoms with van der Waals surface area (Å²) >= 11 is 2.02. The maximum absolute atomic E-state index is 11.1. The second-order valence-electron chi connectivity index (χ2n) is 3.16. The molecule has 0 heterocycles. The number of hydrogen-bond acceptors (Lipinski definition) is 4. The summed E-state index contributed by atoms with van der Waals surface area (Å²) in [5.74, 6) is 0. The number of aryl methyl sites for hydroxylation is 1. The fraction of sp³-hybridized carbons (Fsp3) is 0.250. The van der Waals surface area contributed by atoms with Crippen molar-refractivity contribution in [2.75, 3.05) is 4.43 Å². The lowest BCUT2D eigenvalue weighted by molar-refractivity contribution is 0.480. The molecule has 17 heavy (non-hydrogen) atoms. The van der Waals surface area contributed by atoms with Crippen molar-refractivity contribution < 1.29 is 25.9 Å². The van der Waals surface area contributed by atoms with Gasteiger partial charge in [0.1, 0.15) is 0 Å². The monoisotopic (exact) mass is 392 g/mol. The fourth-order valence-corrected chi connectivity index (χ4v) is 3.18. The molecule has 0 aromatic heterocycles. The van der Waals surface area contributed by atoms with E-state index in [-0.39, 0.29) is 0 Å². The first kappa shape index (κ1) is 14.8. The van der Waals surface area contributed by atoms with Crippen molar-refractivity contribution in [3.63, 3.8) is 0 Å². The molecular weight excluding hydrogens is 383 g/mol. The fourth-order valence-electron chi connectivity index (χ4n) is 1.24. The van der Waals surface area contributed by atoms with Crippen molar-refractivity contribution in [3.05, 3.63) is 23.8 Å². The molecule has 0 aliphatic rings. The molecule has 1 aromatic rings. The molecule has 0 spiro atoms. The molecule has 2 N–H and O–H groups in total. The molecule has 0 unspecified atom stereocenters. The van der Waals surface area contributed by atoms with Gasteiger partial charge in [0.05, 0.1) is 9.79 Å². The largest absolute Gasteiger partial charge is 0.294 e. The summed E-state index contributed by atoms with van der Waals surface area (Å²) in [5.41, 5.74) is 0.300. The van der Waals surface area contributed by atoms with Crippen molar-refractivity contribution in [2.45, 2.75) is 16.2 Å². The van der Waals surface area contributed by atoms with E-state index < -0.39 is 30.0 Å². The minimum Gasteiger partial charge on any atom is -0.282 e. The highest BCUT2D eigenvalue weighted by Gasteiger charge is 2.19. The predicted molar refractivity (Wildman–Crippen MR) is 68.7 cm³/mol. The maximum Gasteiger partial charge on any atom is 0.294 e. The van der Waals surface area contributed by atoms with Gasteiger partial charge in [-0.05, 0) is 24.1 Å². The Labute approximate surface area is 113 Å². The first-order valence-corrected chi connectivity index (χ1v) is 8.70. The summed E-state index contributed by atoms with van der Waals surface area (Å²) in [4.78, 5) is -1.06. The van der Waals surface area contributed by atoms with Gasteiger partial charge in [-0.25, -0.2) is 0 Å². The number of alkyl halides is 1. The second-order valence-corrected chi connectivity index (χ2v) is 7.05. The van der Waals surface area contributed by atoms with Crippen LogP contribution in [-0.2, 0) is 26.7 Å². The molecular formula is C8H9IO6S2. The van der Waals surface area contributed by atoms with Crippen LogP contribution < -0.4 is 0 Å². The Balaban J connectivity index is 3.51. The molecule has 0 radical (unpaired) electrons. The quantitative estimate of drug-likeness (QED) is 0.452. The molecule has 96 valence electrons.